The Morgan fingerprint density at radius 1 is 1.41 bits per heavy atom. The number of hydrogen-bond acceptors (Lipinski definition) is 3. The molecule has 3 N–H and O–H groups in total. The third-order valence-electron chi connectivity index (χ3n) is 2.09. The van der Waals surface area contributed by atoms with Gasteiger partial charge in [0.1, 0.15) is 5.82 Å². The Hall–Kier alpha value is -1.85. The maximum Gasteiger partial charge on any atom is 0.227 e. The molecule has 6 heteroatoms. The Balaban J connectivity index is 2.23. The number of amides is 2. The molecule has 6 nitrogen and oxygen atoms in total. The molecule has 0 fully saturated rings. The van der Waals surface area contributed by atoms with Crippen molar-refractivity contribution in [2.24, 2.45) is 5.41 Å². The van der Waals surface area contributed by atoms with Gasteiger partial charge in [0.2, 0.25) is 11.8 Å². The first kappa shape index (κ1) is 13.2. The van der Waals surface area contributed by atoms with E-state index in [4.69, 9.17) is 0 Å². The van der Waals surface area contributed by atoms with Crippen LogP contribution in [0.3, 0.4) is 0 Å². The molecule has 0 spiro atoms. The highest BCUT2D eigenvalue weighted by Crippen LogP contribution is 2.12. The second-order valence-electron chi connectivity index (χ2n) is 4.77. The molecule has 0 aromatic carbocycles. The molecule has 0 unspecified atom stereocenters. The smallest absolute Gasteiger partial charge is 0.227 e. The summed E-state index contributed by atoms with van der Waals surface area (Å²) in [5.74, 6) is 0.326. The minimum Gasteiger partial charge on any atom is -0.355 e. The summed E-state index contributed by atoms with van der Waals surface area (Å²) < 4.78 is 0. The van der Waals surface area contributed by atoms with E-state index in [1.807, 2.05) is 20.8 Å². The normalized spacial score (nSPS) is 11.0. The summed E-state index contributed by atoms with van der Waals surface area (Å²) in [6.45, 7) is 5.81. The average molecular weight is 238 g/mol. The van der Waals surface area contributed by atoms with Crippen LogP contribution < -0.4 is 10.6 Å². The summed E-state index contributed by atoms with van der Waals surface area (Å²) in [6.07, 6.45) is 1.79. The lowest BCUT2D eigenvalue weighted by Gasteiger charge is -2.17. The van der Waals surface area contributed by atoms with Crippen molar-refractivity contribution in [2.45, 2.75) is 27.2 Å². The predicted molar refractivity (Wildman–Crippen MR) is 64.3 cm³/mol. The number of aromatic nitrogens is 2. The Bertz CT molecular complexity index is 379. The third kappa shape index (κ3) is 4.67. The molecule has 0 aliphatic carbocycles. The molecule has 0 aliphatic rings. The third-order valence-corrected chi connectivity index (χ3v) is 2.09. The molecule has 1 heterocycles. The summed E-state index contributed by atoms with van der Waals surface area (Å²) in [6, 6.07) is 1.66. The lowest BCUT2D eigenvalue weighted by atomic mass is 9.96. The molecule has 0 saturated carbocycles. The summed E-state index contributed by atoms with van der Waals surface area (Å²) >= 11 is 0. The molecule has 0 bridgehead atoms. The van der Waals surface area contributed by atoms with E-state index in [2.05, 4.69) is 20.8 Å². The summed E-state index contributed by atoms with van der Waals surface area (Å²) in [5, 5.41) is 11.7. The topological polar surface area (TPSA) is 86.9 Å². The lowest BCUT2D eigenvalue weighted by molar-refractivity contribution is -0.128. The highest BCUT2D eigenvalue weighted by Gasteiger charge is 2.20. The van der Waals surface area contributed by atoms with Gasteiger partial charge in [-0.15, -0.1) is 0 Å². The van der Waals surface area contributed by atoms with Crippen molar-refractivity contribution >= 4 is 17.6 Å². The molecule has 94 valence electrons. The van der Waals surface area contributed by atoms with Crippen molar-refractivity contribution in [2.75, 3.05) is 11.9 Å². The predicted octanol–water partition coefficient (Wildman–Crippen LogP) is 0.901. The van der Waals surface area contributed by atoms with Crippen molar-refractivity contribution in [3.63, 3.8) is 0 Å². The van der Waals surface area contributed by atoms with E-state index in [1.54, 1.807) is 12.3 Å². The van der Waals surface area contributed by atoms with Crippen LogP contribution >= 0.6 is 0 Å². The van der Waals surface area contributed by atoms with Gasteiger partial charge in [-0.3, -0.25) is 14.7 Å². The Kier molecular flexibility index (Phi) is 4.25. The zero-order chi connectivity index (χ0) is 12.9. The minimum atomic E-state index is -0.431. The van der Waals surface area contributed by atoms with E-state index in [0.717, 1.165) is 0 Å². The molecule has 1 aromatic heterocycles. The van der Waals surface area contributed by atoms with Gasteiger partial charge in [0, 0.05) is 24.4 Å². The van der Waals surface area contributed by atoms with Crippen LogP contribution in [0.4, 0.5) is 5.82 Å². The highest BCUT2D eigenvalue weighted by molar-refractivity contribution is 5.90. The van der Waals surface area contributed by atoms with Crippen molar-refractivity contribution in [1.82, 2.24) is 15.5 Å². The van der Waals surface area contributed by atoms with E-state index < -0.39 is 5.41 Å². The van der Waals surface area contributed by atoms with Crippen molar-refractivity contribution in [1.29, 1.82) is 0 Å². The molecule has 0 radical (unpaired) electrons. The van der Waals surface area contributed by atoms with E-state index in [1.165, 1.54) is 0 Å². The van der Waals surface area contributed by atoms with Crippen molar-refractivity contribution in [3.8, 4) is 0 Å². The number of aromatic amines is 1. The first-order chi connectivity index (χ1) is 7.89. The second-order valence-corrected chi connectivity index (χ2v) is 4.77. The molecule has 17 heavy (non-hydrogen) atoms. The van der Waals surface area contributed by atoms with Gasteiger partial charge in [0.25, 0.3) is 0 Å². The van der Waals surface area contributed by atoms with Gasteiger partial charge in [-0.05, 0) is 0 Å². The van der Waals surface area contributed by atoms with Crippen LogP contribution in [0, 0.1) is 5.41 Å². The summed E-state index contributed by atoms with van der Waals surface area (Å²) in [5.41, 5.74) is -0.431. The Morgan fingerprint density at radius 3 is 2.65 bits per heavy atom. The highest BCUT2D eigenvalue weighted by atomic mass is 16.2. The van der Waals surface area contributed by atoms with Crippen LogP contribution in [-0.2, 0) is 9.59 Å². The number of nitrogens with zero attached hydrogens (tertiary/aromatic N) is 1. The number of carbonyl (C=O) groups is 2. The van der Waals surface area contributed by atoms with E-state index in [9.17, 15) is 9.59 Å². The molecule has 0 saturated heterocycles. The van der Waals surface area contributed by atoms with Gasteiger partial charge in [0.05, 0.1) is 6.20 Å². The molecule has 1 aromatic rings. The number of carbonyl (C=O) groups excluding carboxylic acids is 2. The van der Waals surface area contributed by atoms with Crippen molar-refractivity contribution < 1.29 is 9.59 Å². The van der Waals surface area contributed by atoms with Crippen molar-refractivity contribution in [3.05, 3.63) is 12.3 Å². The zero-order valence-electron chi connectivity index (χ0n) is 10.3. The van der Waals surface area contributed by atoms with Crippen LogP contribution in [0.2, 0.25) is 0 Å². The zero-order valence-corrected chi connectivity index (χ0v) is 10.3. The standard InChI is InChI=1S/C11H18N4O2/c1-11(2,3)10(17)12-6-5-9(16)14-8-4-7-13-15-8/h4,7H,5-6H2,1-3H3,(H,12,17)(H2,13,14,15,16). The fraction of sp³-hybridized carbons (Fsp3) is 0.545. The molecular weight excluding hydrogens is 220 g/mol. The van der Waals surface area contributed by atoms with Gasteiger partial charge in [-0.2, -0.15) is 5.10 Å². The summed E-state index contributed by atoms with van der Waals surface area (Å²) in [7, 11) is 0. The fourth-order valence-electron chi connectivity index (χ4n) is 1.09. The maximum absolute atomic E-state index is 11.5. The van der Waals surface area contributed by atoms with Crippen LogP contribution in [0.5, 0.6) is 0 Å². The van der Waals surface area contributed by atoms with Crippen LogP contribution in [-0.4, -0.2) is 28.6 Å². The molecule has 1 rings (SSSR count). The van der Waals surface area contributed by atoms with Gasteiger partial charge >= 0.3 is 0 Å². The molecule has 0 atom stereocenters. The molecular formula is C11H18N4O2. The van der Waals surface area contributed by atoms with Crippen LogP contribution in [0.15, 0.2) is 12.3 Å². The molecule has 2 amide bonds. The second kappa shape index (κ2) is 5.47. The monoisotopic (exact) mass is 238 g/mol. The minimum absolute atomic E-state index is 0.0631. The maximum atomic E-state index is 11.5. The van der Waals surface area contributed by atoms with Crippen LogP contribution in [0.1, 0.15) is 27.2 Å². The first-order valence-electron chi connectivity index (χ1n) is 5.47. The van der Waals surface area contributed by atoms with Crippen LogP contribution in [0.25, 0.3) is 0 Å². The van der Waals surface area contributed by atoms with E-state index in [-0.39, 0.29) is 18.2 Å². The number of nitrogens with one attached hydrogen (secondary N) is 3. The number of anilines is 1. The number of hydrogen-bond donors (Lipinski definition) is 3. The molecule has 0 aliphatic heterocycles. The van der Waals surface area contributed by atoms with Gasteiger partial charge < -0.3 is 10.6 Å². The lowest BCUT2D eigenvalue weighted by Crippen LogP contribution is -2.36. The van der Waals surface area contributed by atoms with E-state index in [0.29, 0.717) is 12.4 Å². The number of H-pyrrole nitrogens is 1. The number of rotatable bonds is 4. The Labute approximate surface area is 100 Å². The first-order valence-corrected chi connectivity index (χ1v) is 5.47. The summed E-state index contributed by atoms with van der Waals surface area (Å²) in [4.78, 5) is 22.9. The largest absolute Gasteiger partial charge is 0.355 e. The van der Waals surface area contributed by atoms with Gasteiger partial charge in [0.15, 0.2) is 0 Å². The fourth-order valence-corrected chi connectivity index (χ4v) is 1.09. The quantitative estimate of drug-likeness (QED) is 0.728. The van der Waals surface area contributed by atoms with Gasteiger partial charge in [-0.1, -0.05) is 20.8 Å². The average Bonchev–Trinajstić information content (AvgIpc) is 2.68. The Morgan fingerprint density at radius 2 is 2.12 bits per heavy atom. The van der Waals surface area contributed by atoms with E-state index >= 15 is 0 Å². The SMILES string of the molecule is CC(C)(C)C(=O)NCCC(=O)Nc1ccn[nH]1. The van der Waals surface area contributed by atoms with Gasteiger partial charge in [-0.25, -0.2) is 0 Å².